The number of nitrogens with one attached hydrogen (secondary N) is 1. The first-order chi connectivity index (χ1) is 12.6. The van der Waals surface area contributed by atoms with Gasteiger partial charge in [0.05, 0.1) is 10.3 Å². The predicted octanol–water partition coefficient (Wildman–Crippen LogP) is 3.93. The van der Waals surface area contributed by atoms with Gasteiger partial charge in [-0.1, -0.05) is 48.9 Å². The molecule has 2 aromatic rings. The second kappa shape index (κ2) is 7.09. The van der Waals surface area contributed by atoms with E-state index >= 15 is 0 Å². The molecule has 0 spiro atoms. The van der Waals surface area contributed by atoms with Crippen molar-refractivity contribution in [3.05, 3.63) is 65.7 Å². The van der Waals surface area contributed by atoms with E-state index in [9.17, 15) is 26.4 Å². The average Bonchev–Trinajstić information content (AvgIpc) is 2.59. The summed E-state index contributed by atoms with van der Waals surface area (Å²) in [6, 6.07) is 13.6. The Morgan fingerprint density at radius 1 is 1.00 bits per heavy atom. The molecule has 0 radical (unpaired) electrons. The summed E-state index contributed by atoms with van der Waals surface area (Å²) >= 11 is 0. The maximum atomic E-state index is 13.2. The van der Waals surface area contributed by atoms with Crippen LogP contribution < -0.4 is 4.72 Å². The molecule has 2 aromatic carbocycles. The van der Waals surface area contributed by atoms with E-state index in [2.05, 4.69) is 4.72 Å². The zero-order valence-electron chi connectivity index (χ0n) is 14.3. The second-order valence-electron chi connectivity index (χ2n) is 6.68. The van der Waals surface area contributed by atoms with Crippen LogP contribution in [0.2, 0.25) is 0 Å². The van der Waals surface area contributed by atoms with Gasteiger partial charge in [-0.05, 0) is 25.0 Å². The lowest BCUT2D eigenvalue weighted by atomic mass is 9.68. The minimum absolute atomic E-state index is 0.0917. The summed E-state index contributed by atoms with van der Waals surface area (Å²) in [6.07, 6.45) is -4.22. The predicted molar refractivity (Wildman–Crippen MR) is 93.8 cm³/mol. The van der Waals surface area contributed by atoms with Crippen LogP contribution in [0.15, 0.2) is 59.5 Å². The lowest BCUT2D eigenvalue weighted by molar-refractivity contribution is -0.247. The maximum absolute atomic E-state index is 13.2. The Morgan fingerprint density at radius 2 is 1.63 bits per heavy atom. The minimum Gasteiger partial charge on any atom is -0.289 e. The van der Waals surface area contributed by atoms with E-state index in [0.29, 0.717) is 12.0 Å². The third kappa shape index (κ3) is 3.91. The summed E-state index contributed by atoms with van der Waals surface area (Å²) in [4.78, 5) is 12.2. The van der Waals surface area contributed by atoms with E-state index in [0.717, 1.165) is 0 Å². The lowest BCUT2D eigenvalue weighted by Crippen LogP contribution is -2.51. The van der Waals surface area contributed by atoms with Crippen LogP contribution in [0.1, 0.15) is 35.2 Å². The molecule has 0 bridgehead atoms. The number of rotatable bonds is 6. The molecule has 1 aliphatic carbocycles. The standard InChI is InChI=1S/C19H18F3NO3S/c20-19(21,22)18(10-5-11-18)13-23-27(25,26)16-9-4-8-15(12-16)17(24)14-6-2-1-3-7-14/h1-4,6-9,12,23H,5,10-11,13H2. The number of sulfonamides is 1. The number of ketones is 1. The molecule has 0 unspecified atom stereocenters. The number of alkyl halides is 3. The van der Waals surface area contributed by atoms with E-state index in [1.165, 1.54) is 24.3 Å². The molecule has 27 heavy (non-hydrogen) atoms. The molecule has 1 N–H and O–H groups in total. The van der Waals surface area contributed by atoms with Gasteiger partial charge in [-0.15, -0.1) is 0 Å². The van der Waals surface area contributed by atoms with Crippen LogP contribution in [0.3, 0.4) is 0 Å². The molecule has 1 saturated carbocycles. The molecule has 0 atom stereocenters. The zero-order valence-corrected chi connectivity index (χ0v) is 15.1. The molecule has 144 valence electrons. The van der Waals surface area contributed by atoms with Gasteiger partial charge in [0.2, 0.25) is 10.0 Å². The normalized spacial score (nSPS) is 16.6. The number of benzene rings is 2. The van der Waals surface area contributed by atoms with Gasteiger partial charge in [-0.3, -0.25) is 4.79 Å². The number of carbonyl (C=O) groups excluding carboxylic acids is 1. The third-order valence-electron chi connectivity index (χ3n) is 4.96. The van der Waals surface area contributed by atoms with Crippen LogP contribution in [0.4, 0.5) is 13.2 Å². The number of hydrogen-bond donors (Lipinski definition) is 1. The summed E-state index contributed by atoms with van der Waals surface area (Å²) < 4.78 is 66.6. The fraction of sp³-hybridized carbons (Fsp3) is 0.316. The summed E-state index contributed by atoms with van der Waals surface area (Å²) in [5.74, 6) is -0.363. The SMILES string of the molecule is O=C(c1ccccc1)c1cccc(S(=O)(=O)NCC2(C(F)(F)F)CCC2)c1. The van der Waals surface area contributed by atoms with Gasteiger partial charge < -0.3 is 0 Å². The lowest BCUT2D eigenvalue weighted by Gasteiger charge is -2.43. The highest BCUT2D eigenvalue weighted by atomic mass is 32.2. The monoisotopic (exact) mass is 397 g/mol. The Balaban J connectivity index is 1.80. The molecule has 0 saturated heterocycles. The van der Waals surface area contributed by atoms with Gasteiger partial charge in [0.15, 0.2) is 5.78 Å². The molecule has 1 aliphatic rings. The number of carbonyl (C=O) groups is 1. The highest BCUT2D eigenvalue weighted by Gasteiger charge is 2.58. The summed E-state index contributed by atoms with van der Waals surface area (Å²) in [6.45, 7) is -0.699. The molecule has 0 aromatic heterocycles. The van der Waals surface area contributed by atoms with Gasteiger partial charge in [-0.2, -0.15) is 13.2 Å². The van der Waals surface area contributed by atoms with Gasteiger partial charge >= 0.3 is 6.18 Å². The highest BCUT2D eigenvalue weighted by Crippen LogP contribution is 2.52. The Hall–Kier alpha value is -2.19. The van der Waals surface area contributed by atoms with Gasteiger partial charge in [0.25, 0.3) is 0 Å². The average molecular weight is 397 g/mol. The smallest absolute Gasteiger partial charge is 0.289 e. The van der Waals surface area contributed by atoms with Crippen LogP contribution in [0.25, 0.3) is 0 Å². The van der Waals surface area contributed by atoms with E-state index < -0.39 is 28.2 Å². The van der Waals surface area contributed by atoms with E-state index in [-0.39, 0.29) is 29.1 Å². The molecule has 0 aliphatic heterocycles. The molecule has 4 nitrogen and oxygen atoms in total. The first-order valence-corrected chi connectivity index (χ1v) is 9.89. The summed E-state index contributed by atoms with van der Waals surface area (Å²) in [5, 5.41) is 0. The van der Waals surface area contributed by atoms with Crippen molar-refractivity contribution in [2.75, 3.05) is 6.54 Å². The molecule has 1 fully saturated rings. The van der Waals surface area contributed by atoms with Crippen molar-refractivity contribution in [2.45, 2.75) is 30.3 Å². The molecule has 0 heterocycles. The first kappa shape index (κ1) is 19.6. The van der Waals surface area contributed by atoms with E-state index in [1.54, 1.807) is 30.3 Å². The van der Waals surface area contributed by atoms with Crippen LogP contribution in [0.5, 0.6) is 0 Å². The Kier molecular flexibility index (Phi) is 5.14. The quantitative estimate of drug-likeness (QED) is 0.752. The fourth-order valence-electron chi connectivity index (χ4n) is 3.04. The van der Waals surface area contributed by atoms with Crippen molar-refractivity contribution in [1.82, 2.24) is 4.72 Å². The van der Waals surface area contributed by atoms with Crippen molar-refractivity contribution in [2.24, 2.45) is 5.41 Å². The largest absolute Gasteiger partial charge is 0.395 e. The molecular formula is C19H18F3NO3S. The molecule has 3 rings (SSSR count). The van der Waals surface area contributed by atoms with Crippen molar-refractivity contribution in [1.29, 1.82) is 0 Å². The van der Waals surface area contributed by atoms with Gasteiger partial charge in [0, 0.05) is 17.7 Å². The topological polar surface area (TPSA) is 63.2 Å². The van der Waals surface area contributed by atoms with Crippen molar-refractivity contribution in [3.63, 3.8) is 0 Å². The fourth-order valence-corrected chi connectivity index (χ4v) is 4.21. The summed E-state index contributed by atoms with van der Waals surface area (Å²) in [7, 11) is -4.17. The third-order valence-corrected chi connectivity index (χ3v) is 6.35. The second-order valence-corrected chi connectivity index (χ2v) is 8.45. The molecule has 0 amide bonds. The Bertz CT molecular complexity index is 936. The minimum atomic E-state index is -4.46. The zero-order chi connectivity index (χ0) is 19.7. The van der Waals surface area contributed by atoms with Crippen molar-refractivity contribution >= 4 is 15.8 Å². The number of hydrogen-bond acceptors (Lipinski definition) is 3. The Labute approximate surface area is 155 Å². The van der Waals surface area contributed by atoms with Crippen LogP contribution in [-0.4, -0.2) is 26.9 Å². The Morgan fingerprint density at radius 3 is 2.19 bits per heavy atom. The van der Waals surface area contributed by atoms with E-state index in [1.807, 2.05) is 0 Å². The van der Waals surface area contributed by atoms with Crippen molar-refractivity contribution < 1.29 is 26.4 Å². The van der Waals surface area contributed by atoms with Gasteiger partial charge in [0.1, 0.15) is 0 Å². The van der Waals surface area contributed by atoms with E-state index in [4.69, 9.17) is 0 Å². The maximum Gasteiger partial charge on any atom is 0.395 e. The summed E-state index contributed by atoms with van der Waals surface area (Å²) in [5.41, 5.74) is -1.46. The van der Waals surface area contributed by atoms with Crippen LogP contribution >= 0.6 is 0 Å². The first-order valence-electron chi connectivity index (χ1n) is 8.41. The van der Waals surface area contributed by atoms with Crippen LogP contribution in [-0.2, 0) is 10.0 Å². The van der Waals surface area contributed by atoms with Crippen LogP contribution in [0, 0.1) is 5.41 Å². The van der Waals surface area contributed by atoms with Crippen molar-refractivity contribution in [3.8, 4) is 0 Å². The van der Waals surface area contributed by atoms with Gasteiger partial charge in [-0.25, -0.2) is 13.1 Å². The molecule has 8 heteroatoms. The number of halogens is 3. The highest BCUT2D eigenvalue weighted by molar-refractivity contribution is 7.89. The molecular weight excluding hydrogens is 379 g/mol.